The minimum atomic E-state index is 0.281. The van der Waals surface area contributed by atoms with Crippen LogP contribution < -0.4 is 5.32 Å². The smallest absolute Gasteiger partial charge is 0.00966 e. The molecule has 0 aliphatic heterocycles. The molecule has 1 N–H and O–H groups in total. The van der Waals surface area contributed by atoms with Crippen molar-refractivity contribution in [2.24, 2.45) is 11.8 Å². The summed E-state index contributed by atoms with van der Waals surface area (Å²) in [6.45, 7) is 10.4. The molecule has 0 aromatic carbocycles. The third-order valence-corrected chi connectivity index (χ3v) is 4.64. The Morgan fingerprint density at radius 2 is 1.53 bits per heavy atom. The van der Waals surface area contributed by atoms with E-state index in [9.17, 15) is 0 Å². The van der Waals surface area contributed by atoms with Crippen molar-refractivity contribution in [1.29, 1.82) is 0 Å². The zero-order chi connectivity index (χ0) is 14.1. The molecule has 1 heteroatoms. The molecule has 1 nitrogen and oxygen atoms in total. The van der Waals surface area contributed by atoms with E-state index in [-0.39, 0.29) is 5.54 Å². The van der Waals surface area contributed by atoms with Crippen molar-refractivity contribution in [2.45, 2.75) is 97.4 Å². The Balaban J connectivity index is 2.23. The molecule has 0 spiro atoms. The molecule has 0 saturated heterocycles. The monoisotopic (exact) mass is 267 g/mol. The highest BCUT2D eigenvalue weighted by molar-refractivity contribution is 4.80. The van der Waals surface area contributed by atoms with Crippen LogP contribution in [0.5, 0.6) is 0 Å². The molecule has 0 amide bonds. The van der Waals surface area contributed by atoms with Crippen LogP contribution in [0.4, 0.5) is 0 Å². The minimum Gasteiger partial charge on any atom is -0.312 e. The highest BCUT2D eigenvalue weighted by Gasteiger charge is 2.25. The van der Waals surface area contributed by atoms with E-state index in [1.54, 1.807) is 0 Å². The lowest BCUT2D eigenvalue weighted by Gasteiger charge is -2.34. The third-order valence-electron chi connectivity index (χ3n) is 4.64. The summed E-state index contributed by atoms with van der Waals surface area (Å²) in [7, 11) is 0. The first-order chi connectivity index (χ1) is 9.03. The van der Waals surface area contributed by atoms with Gasteiger partial charge in [0.2, 0.25) is 0 Å². The van der Waals surface area contributed by atoms with Gasteiger partial charge in [0.1, 0.15) is 0 Å². The molecule has 2 atom stereocenters. The summed E-state index contributed by atoms with van der Waals surface area (Å²) in [6.07, 6.45) is 14.6. The summed E-state index contributed by atoms with van der Waals surface area (Å²) >= 11 is 0. The van der Waals surface area contributed by atoms with Gasteiger partial charge in [-0.3, -0.25) is 0 Å². The van der Waals surface area contributed by atoms with E-state index in [1.807, 2.05) is 0 Å². The van der Waals surface area contributed by atoms with Crippen molar-refractivity contribution >= 4 is 0 Å². The second kappa shape index (κ2) is 9.00. The summed E-state index contributed by atoms with van der Waals surface area (Å²) < 4.78 is 0. The van der Waals surface area contributed by atoms with E-state index in [2.05, 4.69) is 33.0 Å². The van der Waals surface area contributed by atoms with Gasteiger partial charge in [-0.05, 0) is 45.6 Å². The van der Waals surface area contributed by atoms with Gasteiger partial charge in [-0.25, -0.2) is 0 Å². The molecule has 19 heavy (non-hydrogen) atoms. The molecule has 1 aliphatic rings. The van der Waals surface area contributed by atoms with Gasteiger partial charge >= 0.3 is 0 Å². The van der Waals surface area contributed by atoms with Gasteiger partial charge in [0.15, 0.2) is 0 Å². The van der Waals surface area contributed by atoms with Crippen LogP contribution in [0.1, 0.15) is 91.9 Å². The zero-order valence-corrected chi connectivity index (χ0v) is 13.9. The molecule has 0 radical (unpaired) electrons. The molecular formula is C18H37N. The van der Waals surface area contributed by atoms with Crippen LogP contribution in [-0.2, 0) is 0 Å². The van der Waals surface area contributed by atoms with Crippen LogP contribution in [0.3, 0.4) is 0 Å². The average Bonchev–Trinajstić information content (AvgIpc) is 2.36. The lowest BCUT2D eigenvalue weighted by Crippen LogP contribution is -2.41. The van der Waals surface area contributed by atoms with E-state index in [4.69, 9.17) is 0 Å². The molecular weight excluding hydrogens is 230 g/mol. The van der Waals surface area contributed by atoms with Crippen LogP contribution in [0.2, 0.25) is 0 Å². The summed E-state index contributed by atoms with van der Waals surface area (Å²) in [5.74, 6) is 1.95. The van der Waals surface area contributed by atoms with Crippen molar-refractivity contribution in [3.63, 3.8) is 0 Å². The molecule has 1 aliphatic carbocycles. The van der Waals surface area contributed by atoms with Gasteiger partial charge in [0.05, 0.1) is 0 Å². The molecule has 1 rings (SSSR count). The normalized spacial score (nSPS) is 24.6. The number of hydrogen-bond acceptors (Lipinski definition) is 1. The van der Waals surface area contributed by atoms with Gasteiger partial charge in [-0.1, -0.05) is 64.7 Å². The standard InChI is InChI=1S/C18H37N/c1-5-6-7-8-9-12-16-13-10-11-14-17(16)15-19-18(2,3)4/h16-17,19H,5-15H2,1-4H3. The van der Waals surface area contributed by atoms with E-state index >= 15 is 0 Å². The summed E-state index contributed by atoms with van der Waals surface area (Å²) in [6, 6.07) is 0. The molecule has 0 heterocycles. The maximum Gasteiger partial charge on any atom is 0.00966 e. The van der Waals surface area contributed by atoms with Crippen molar-refractivity contribution < 1.29 is 0 Å². The minimum absolute atomic E-state index is 0.281. The zero-order valence-electron chi connectivity index (χ0n) is 13.9. The molecule has 1 fully saturated rings. The number of rotatable bonds is 8. The van der Waals surface area contributed by atoms with Crippen LogP contribution in [-0.4, -0.2) is 12.1 Å². The van der Waals surface area contributed by atoms with Gasteiger partial charge in [0.25, 0.3) is 0 Å². The first-order valence-electron chi connectivity index (χ1n) is 8.78. The molecule has 0 aromatic rings. The first-order valence-corrected chi connectivity index (χ1v) is 8.78. The maximum atomic E-state index is 3.73. The Hall–Kier alpha value is -0.0400. The van der Waals surface area contributed by atoms with Crippen molar-refractivity contribution in [2.75, 3.05) is 6.54 Å². The Labute approximate surface area is 121 Å². The Morgan fingerprint density at radius 1 is 0.895 bits per heavy atom. The van der Waals surface area contributed by atoms with E-state index < -0.39 is 0 Å². The fraction of sp³-hybridized carbons (Fsp3) is 1.00. The summed E-state index contributed by atoms with van der Waals surface area (Å²) in [5.41, 5.74) is 0.281. The van der Waals surface area contributed by atoms with Crippen molar-refractivity contribution in [3.05, 3.63) is 0 Å². The Kier molecular flexibility index (Phi) is 8.06. The fourth-order valence-corrected chi connectivity index (χ4v) is 3.38. The van der Waals surface area contributed by atoms with E-state index in [1.165, 1.54) is 70.8 Å². The van der Waals surface area contributed by atoms with E-state index in [0.717, 1.165) is 11.8 Å². The molecule has 1 saturated carbocycles. The number of nitrogens with one attached hydrogen (secondary N) is 1. The lowest BCUT2D eigenvalue weighted by molar-refractivity contribution is 0.200. The SMILES string of the molecule is CCCCCCCC1CCCCC1CNC(C)(C)C. The molecule has 0 bridgehead atoms. The average molecular weight is 268 g/mol. The second-order valence-electron chi connectivity index (χ2n) is 7.64. The number of unbranched alkanes of at least 4 members (excludes halogenated alkanes) is 4. The van der Waals surface area contributed by atoms with Crippen molar-refractivity contribution in [3.8, 4) is 0 Å². The van der Waals surface area contributed by atoms with Crippen LogP contribution in [0.25, 0.3) is 0 Å². The summed E-state index contributed by atoms with van der Waals surface area (Å²) in [5, 5.41) is 3.73. The number of hydrogen-bond donors (Lipinski definition) is 1. The molecule has 2 unspecified atom stereocenters. The van der Waals surface area contributed by atoms with Crippen molar-refractivity contribution in [1.82, 2.24) is 5.32 Å². The Morgan fingerprint density at radius 3 is 2.16 bits per heavy atom. The van der Waals surface area contributed by atoms with Gasteiger partial charge < -0.3 is 5.32 Å². The predicted molar refractivity (Wildman–Crippen MR) is 86.6 cm³/mol. The Bertz CT molecular complexity index is 216. The van der Waals surface area contributed by atoms with Gasteiger partial charge in [-0.15, -0.1) is 0 Å². The quantitative estimate of drug-likeness (QED) is 0.569. The first kappa shape index (κ1) is 17.0. The third kappa shape index (κ3) is 7.97. The second-order valence-corrected chi connectivity index (χ2v) is 7.64. The molecule has 114 valence electrons. The molecule has 0 aromatic heterocycles. The highest BCUT2D eigenvalue weighted by atomic mass is 14.9. The maximum absolute atomic E-state index is 3.73. The van der Waals surface area contributed by atoms with Gasteiger partial charge in [0, 0.05) is 5.54 Å². The topological polar surface area (TPSA) is 12.0 Å². The van der Waals surface area contributed by atoms with Gasteiger partial charge in [-0.2, -0.15) is 0 Å². The van der Waals surface area contributed by atoms with E-state index in [0.29, 0.717) is 0 Å². The van der Waals surface area contributed by atoms with Crippen LogP contribution in [0.15, 0.2) is 0 Å². The fourth-order valence-electron chi connectivity index (χ4n) is 3.38. The largest absolute Gasteiger partial charge is 0.312 e. The van der Waals surface area contributed by atoms with Crippen LogP contribution >= 0.6 is 0 Å². The summed E-state index contributed by atoms with van der Waals surface area (Å²) in [4.78, 5) is 0. The lowest BCUT2D eigenvalue weighted by atomic mass is 9.76. The highest BCUT2D eigenvalue weighted by Crippen LogP contribution is 2.33. The predicted octanol–water partition coefficient (Wildman–Crippen LogP) is 5.54. The van der Waals surface area contributed by atoms with Crippen LogP contribution in [0, 0.1) is 11.8 Å².